The Bertz CT molecular complexity index is 161. The van der Waals surface area contributed by atoms with E-state index in [-0.39, 0.29) is 88.7 Å². The molecule has 0 unspecified atom stereocenters. The summed E-state index contributed by atoms with van der Waals surface area (Å²) in [7, 11) is -4.67. The summed E-state index contributed by atoms with van der Waals surface area (Å²) in [4.78, 5) is 1.50. The summed E-state index contributed by atoms with van der Waals surface area (Å²) in [6.45, 7) is 0. The largest absolute Gasteiger partial charge is 1.00 e. The molecule has 0 spiro atoms. The Morgan fingerprint density at radius 2 is 1.00 bits per heavy atom. The van der Waals surface area contributed by atoms with Gasteiger partial charge in [0.1, 0.15) is 0 Å². The van der Waals surface area contributed by atoms with Crippen LogP contribution in [0.1, 0.15) is 0 Å². The second-order valence-corrected chi connectivity index (χ2v) is 1.43. The third-order valence-electron chi connectivity index (χ3n) is 0. The van der Waals surface area contributed by atoms with Crippen LogP contribution in [0.5, 0.6) is 0 Å². The second-order valence-electron chi connectivity index (χ2n) is 0.537. The van der Waals surface area contributed by atoms with Crippen molar-refractivity contribution in [3.8, 4) is 0 Å². The predicted molar refractivity (Wildman–Crippen MR) is 24.3 cm³/mol. The minimum Gasteiger partial charge on any atom is -0.373 e. The molecule has 0 atom stereocenters. The molecule has 0 saturated heterocycles. The molecule has 0 radical (unpaired) electrons. The first-order valence-electron chi connectivity index (χ1n) is 1.10. The van der Waals surface area contributed by atoms with Crippen LogP contribution in [0.3, 0.4) is 0 Å². The van der Waals surface area contributed by atoms with E-state index in [0.29, 0.717) is 0 Å². The molecule has 0 aliphatic rings. The number of hydrogen-bond donors (Lipinski definition) is 2. The molecule has 11 heteroatoms. The summed E-state index contributed by atoms with van der Waals surface area (Å²) < 4.78 is 31.6. The minimum atomic E-state index is -4.67. The summed E-state index contributed by atoms with van der Waals surface area (Å²) in [6.07, 6.45) is 0. The van der Waals surface area contributed by atoms with Gasteiger partial charge >= 0.3 is 99.1 Å². The van der Waals surface area contributed by atoms with E-state index in [2.05, 4.69) is 0 Å². The summed E-state index contributed by atoms with van der Waals surface area (Å²) in [5, 5.41) is 0. The molecule has 0 aromatic carbocycles. The van der Waals surface area contributed by atoms with E-state index in [1.54, 1.807) is 0 Å². The van der Waals surface area contributed by atoms with Crippen molar-refractivity contribution in [3.05, 3.63) is 16.0 Å². The Labute approximate surface area is 130 Å². The quantitative estimate of drug-likeness (QED) is 0.135. The molecule has 7 nitrogen and oxygen atoms in total. The molecule has 0 aromatic heterocycles. The van der Waals surface area contributed by atoms with Gasteiger partial charge in [0.05, 0.1) is 0 Å². The van der Waals surface area contributed by atoms with Crippen LogP contribution in [-0.2, 0) is 10.4 Å². The standard InChI is InChI=1S/N3.3Na.H2O4S/c1-3-2;;;;1-5(2,3)4/h;;;;(H2,1,2,3,4)/q-1;3*+1;. The van der Waals surface area contributed by atoms with Crippen molar-refractivity contribution in [2.24, 2.45) is 0 Å². The average molecular weight is 209 g/mol. The molecular weight excluding hydrogens is 207 g/mol. The monoisotopic (exact) mass is 209 g/mol. The molecule has 0 aromatic rings. The van der Waals surface area contributed by atoms with Crippen molar-refractivity contribution in [2.75, 3.05) is 0 Å². The predicted octanol–water partition coefficient (Wildman–Crippen LogP) is -8.77. The van der Waals surface area contributed by atoms with E-state index in [0.717, 1.165) is 0 Å². The van der Waals surface area contributed by atoms with Crippen LogP contribution >= 0.6 is 0 Å². The van der Waals surface area contributed by atoms with Crippen molar-refractivity contribution in [2.45, 2.75) is 0 Å². The maximum Gasteiger partial charge on any atom is 1.00 e. The van der Waals surface area contributed by atoms with Gasteiger partial charge in [-0.3, -0.25) is 14.0 Å². The van der Waals surface area contributed by atoms with Crippen molar-refractivity contribution in [3.63, 3.8) is 0 Å². The maximum absolute atomic E-state index is 8.74. The van der Waals surface area contributed by atoms with E-state index in [4.69, 9.17) is 28.6 Å². The zero-order valence-electron chi connectivity index (χ0n) is 6.46. The van der Waals surface area contributed by atoms with Crippen LogP contribution in [0.2, 0.25) is 0 Å². The molecule has 0 saturated carbocycles. The third-order valence-corrected chi connectivity index (χ3v) is 0. The van der Waals surface area contributed by atoms with Crippen LogP contribution < -0.4 is 88.7 Å². The molecule has 48 valence electrons. The molecular formula is H2N3Na3O4S+2. The molecule has 11 heavy (non-hydrogen) atoms. The zero-order chi connectivity index (χ0) is 7.21. The van der Waals surface area contributed by atoms with Gasteiger partial charge in [-0.15, -0.1) is 0 Å². The molecule has 0 heterocycles. The Morgan fingerprint density at radius 3 is 1.00 bits per heavy atom. The summed E-state index contributed by atoms with van der Waals surface area (Å²) in [5.74, 6) is 0. The first-order valence-corrected chi connectivity index (χ1v) is 2.50. The zero-order valence-corrected chi connectivity index (χ0v) is 13.3. The van der Waals surface area contributed by atoms with E-state index < -0.39 is 10.4 Å². The van der Waals surface area contributed by atoms with Gasteiger partial charge in [0.15, 0.2) is 0 Å². The fraction of sp³-hybridized carbons (Fsp3) is 0. The number of hydrogen-bond acceptors (Lipinski definition) is 2. The van der Waals surface area contributed by atoms with E-state index in [9.17, 15) is 0 Å². The van der Waals surface area contributed by atoms with Crippen molar-refractivity contribution in [1.82, 2.24) is 0 Å². The van der Waals surface area contributed by atoms with E-state index in [1.165, 1.54) is 4.91 Å². The van der Waals surface area contributed by atoms with Gasteiger partial charge in [0.25, 0.3) is 0 Å². The van der Waals surface area contributed by atoms with Crippen molar-refractivity contribution >= 4 is 10.4 Å². The van der Waals surface area contributed by atoms with Crippen molar-refractivity contribution < 1.29 is 106 Å². The summed E-state index contributed by atoms with van der Waals surface area (Å²) in [5.41, 5.74) is 13.5. The van der Waals surface area contributed by atoms with Gasteiger partial charge in [0.2, 0.25) is 0 Å². The van der Waals surface area contributed by atoms with Gasteiger partial charge in [-0.1, -0.05) is 0 Å². The molecule has 0 bridgehead atoms. The first kappa shape index (κ1) is 29.2. The molecule has 0 rings (SSSR count). The van der Waals surface area contributed by atoms with Gasteiger partial charge in [-0.05, 0) is 0 Å². The molecule has 2 N–H and O–H groups in total. The molecule has 0 fully saturated rings. The van der Waals surface area contributed by atoms with Gasteiger partial charge in [-0.25, -0.2) is 0 Å². The molecule has 0 amide bonds. The molecule has 0 aliphatic heterocycles. The molecule has 0 aliphatic carbocycles. The second kappa shape index (κ2) is 18.1. The van der Waals surface area contributed by atoms with Crippen LogP contribution in [0, 0.1) is 0 Å². The topological polar surface area (TPSA) is 133 Å². The fourth-order valence-electron chi connectivity index (χ4n) is 0. The van der Waals surface area contributed by atoms with E-state index >= 15 is 0 Å². The number of rotatable bonds is 0. The van der Waals surface area contributed by atoms with Crippen LogP contribution in [0.25, 0.3) is 16.0 Å². The first-order chi connectivity index (χ1) is 3.41. The normalized spacial score (nSPS) is 6.00. The Kier molecular flexibility index (Phi) is 48.0. The fourth-order valence-corrected chi connectivity index (χ4v) is 0. The average Bonchev–Trinajstić information content (AvgIpc) is 1.27. The summed E-state index contributed by atoms with van der Waals surface area (Å²) in [6, 6.07) is 0. The van der Waals surface area contributed by atoms with Gasteiger partial charge < -0.3 is 11.1 Å². The SMILES string of the molecule is O=S(=O)(O)O.[N-]=[N+]=[N-].[Na+].[Na+].[Na+]. The van der Waals surface area contributed by atoms with Crippen LogP contribution in [0.4, 0.5) is 0 Å². The minimum absolute atomic E-state index is 0. The van der Waals surface area contributed by atoms with Crippen LogP contribution in [-0.4, -0.2) is 17.5 Å². The maximum atomic E-state index is 8.74. The van der Waals surface area contributed by atoms with E-state index in [1.807, 2.05) is 0 Å². The Balaban J connectivity index is -0.0000000183. The Hall–Kier alpha value is 2.18. The Morgan fingerprint density at radius 1 is 1.00 bits per heavy atom. The number of nitrogens with zero attached hydrogens (tertiary/aromatic N) is 3. The van der Waals surface area contributed by atoms with Gasteiger partial charge in [-0.2, -0.15) is 8.42 Å². The third kappa shape index (κ3) is 266. The van der Waals surface area contributed by atoms with Crippen LogP contribution in [0.15, 0.2) is 0 Å². The smallest absolute Gasteiger partial charge is 0.373 e. The van der Waals surface area contributed by atoms with Gasteiger partial charge in [0, 0.05) is 0 Å². The van der Waals surface area contributed by atoms with Crippen molar-refractivity contribution in [1.29, 1.82) is 0 Å². The summed E-state index contributed by atoms with van der Waals surface area (Å²) >= 11 is 0.